The zero-order valence-electron chi connectivity index (χ0n) is 31.1. The number of aromatic nitrogens is 10. The Morgan fingerprint density at radius 2 is 1.02 bits per heavy atom. The first-order chi connectivity index (χ1) is 28.0. The van der Waals surface area contributed by atoms with Crippen LogP contribution in [0.3, 0.4) is 0 Å². The van der Waals surface area contributed by atoms with Crippen LogP contribution in [-0.4, -0.2) is 64.1 Å². The van der Waals surface area contributed by atoms with Gasteiger partial charge in [-0.25, -0.2) is 19.3 Å². The number of nitrogen functional groups attached to an aromatic ring is 1. The average molecular weight is 750 g/mol. The van der Waals surface area contributed by atoms with Gasteiger partial charge in [0, 0.05) is 40.0 Å². The van der Waals surface area contributed by atoms with Crippen LogP contribution in [0.1, 0.15) is 11.1 Å². The Balaban J connectivity index is 0.000000149. The van der Waals surface area contributed by atoms with E-state index in [1.165, 1.54) is 0 Å². The van der Waals surface area contributed by atoms with Gasteiger partial charge in [-0.3, -0.25) is 9.97 Å². The first-order valence-electron chi connectivity index (χ1n) is 18.2. The number of ether oxygens (including phenoxy) is 2. The number of hydrogen-bond acceptors (Lipinski definition) is 11. The predicted octanol–water partition coefficient (Wildman–Crippen LogP) is 7.78. The predicted molar refractivity (Wildman–Crippen MR) is 221 cm³/mol. The van der Waals surface area contributed by atoms with E-state index in [4.69, 9.17) is 25.2 Å². The average Bonchev–Trinajstić information content (AvgIpc) is 3.86. The lowest BCUT2D eigenvalue weighted by Crippen LogP contribution is -2.03. The molecule has 0 aliphatic heterocycles. The topological polar surface area (TPSA) is 157 Å². The molecule has 6 heterocycles. The van der Waals surface area contributed by atoms with Crippen molar-refractivity contribution >= 4 is 49.8 Å². The van der Waals surface area contributed by atoms with Crippen molar-refractivity contribution in [1.82, 2.24) is 49.9 Å². The fraction of sp³-hybridized carbons (Fsp3) is 0.0909. The molecule has 0 amide bonds. The quantitative estimate of drug-likeness (QED) is 0.151. The summed E-state index contributed by atoms with van der Waals surface area (Å²) in [5.74, 6) is 1.34. The smallest absolute Gasteiger partial charge is 0.179 e. The molecule has 0 atom stereocenters. The van der Waals surface area contributed by atoms with Crippen LogP contribution in [0.15, 0.2) is 140 Å². The molecule has 57 heavy (non-hydrogen) atoms. The van der Waals surface area contributed by atoms with Gasteiger partial charge in [-0.2, -0.15) is 0 Å². The van der Waals surface area contributed by atoms with Gasteiger partial charge in [-0.1, -0.05) is 46.8 Å². The third-order valence-corrected chi connectivity index (χ3v) is 9.60. The second-order valence-corrected chi connectivity index (χ2v) is 13.3. The Labute approximate surface area is 326 Å². The van der Waals surface area contributed by atoms with Gasteiger partial charge in [0.25, 0.3) is 0 Å². The molecule has 278 valence electrons. The summed E-state index contributed by atoms with van der Waals surface area (Å²) in [4.78, 5) is 18.3. The molecule has 10 rings (SSSR count). The van der Waals surface area contributed by atoms with Crippen LogP contribution < -0.4 is 15.2 Å². The maximum atomic E-state index is 5.78. The van der Waals surface area contributed by atoms with Gasteiger partial charge < -0.3 is 15.2 Å². The minimum absolute atomic E-state index is 0.573. The largest absolute Gasteiger partial charge is 0.493 e. The lowest BCUT2D eigenvalue weighted by Gasteiger charge is -2.09. The Hall–Kier alpha value is -7.80. The van der Waals surface area contributed by atoms with Gasteiger partial charge in [0.15, 0.2) is 22.8 Å². The highest BCUT2D eigenvalue weighted by Gasteiger charge is 2.13. The van der Waals surface area contributed by atoms with Crippen molar-refractivity contribution in [2.24, 2.45) is 0 Å². The van der Waals surface area contributed by atoms with E-state index in [1.807, 2.05) is 100 Å². The molecule has 4 aromatic carbocycles. The Morgan fingerprint density at radius 3 is 1.56 bits per heavy atom. The summed E-state index contributed by atoms with van der Waals surface area (Å²) in [5, 5.41) is 19.3. The number of nitrogens with zero attached hydrogens (tertiary/aromatic N) is 10. The number of fused-ring (bicyclic) bond motifs is 4. The van der Waals surface area contributed by atoms with Crippen LogP contribution in [0.25, 0.3) is 66.6 Å². The summed E-state index contributed by atoms with van der Waals surface area (Å²) in [6.45, 7) is 1.17. The highest BCUT2D eigenvalue weighted by atomic mass is 16.5. The van der Waals surface area contributed by atoms with Crippen molar-refractivity contribution in [3.63, 3.8) is 0 Å². The summed E-state index contributed by atoms with van der Waals surface area (Å²) in [6.07, 6.45) is 3.60. The molecule has 10 aromatic rings. The van der Waals surface area contributed by atoms with Gasteiger partial charge >= 0.3 is 0 Å². The molecule has 0 aliphatic carbocycles. The molecule has 2 N–H and O–H groups in total. The number of methoxy groups -OCH3 is 2. The van der Waals surface area contributed by atoms with Gasteiger partial charge in [0.2, 0.25) is 0 Å². The van der Waals surface area contributed by atoms with E-state index in [9.17, 15) is 0 Å². The summed E-state index contributed by atoms with van der Waals surface area (Å²) in [7, 11) is 3.24. The molecule has 0 fully saturated rings. The van der Waals surface area contributed by atoms with E-state index in [0.717, 1.165) is 83.5 Å². The third kappa shape index (κ3) is 7.24. The molecular weight excluding hydrogens is 715 g/mol. The van der Waals surface area contributed by atoms with Crippen LogP contribution in [0, 0.1) is 0 Å². The zero-order valence-corrected chi connectivity index (χ0v) is 31.1. The maximum absolute atomic E-state index is 5.78. The minimum Gasteiger partial charge on any atom is -0.493 e. The molecule has 6 aromatic heterocycles. The summed E-state index contributed by atoms with van der Waals surface area (Å²) in [5.41, 5.74) is 17.3. The van der Waals surface area contributed by atoms with Crippen molar-refractivity contribution in [2.45, 2.75) is 13.1 Å². The molecule has 0 unspecified atom stereocenters. The summed E-state index contributed by atoms with van der Waals surface area (Å²) in [6, 6.07) is 41.6. The maximum Gasteiger partial charge on any atom is 0.179 e. The summed E-state index contributed by atoms with van der Waals surface area (Å²) < 4.78 is 14.4. The molecule has 0 saturated heterocycles. The fourth-order valence-corrected chi connectivity index (χ4v) is 6.68. The Morgan fingerprint density at radius 1 is 0.509 bits per heavy atom. The number of hydrogen-bond donors (Lipinski definition) is 1. The van der Waals surface area contributed by atoms with E-state index < -0.39 is 0 Å². The van der Waals surface area contributed by atoms with Crippen LogP contribution in [0.5, 0.6) is 11.5 Å². The number of pyridine rings is 4. The minimum atomic E-state index is 0.573. The zero-order chi connectivity index (χ0) is 38.7. The van der Waals surface area contributed by atoms with E-state index in [1.54, 1.807) is 26.6 Å². The highest BCUT2D eigenvalue weighted by molar-refractivity contribution is 5.81. The van der Waals surface area contributed by atoms with E-state index >= 15 is 0 Å². The van der Waals surface area contributed by atoms with E-state index in [2.05, 4.69) is 67.0 Å². The molecule has 13 heteroatoms. The second-order valence-electron chi connectivity index (χ2n) is 13.3. The Kier molecular flexibility index (Phi) is 9.28. The monoisotopic (exact) mass is 749 g/mol. The van der Waals surface area contributed by atoms with Gasteiger partial charge in [0.05, 0.1) is 49.7 Å². The van der Waals surface area contributed by atoms with Crippen LogP contribution in [0.4, 0.5) is 5.69 Å². The number of benzene rings is 4. The van der Waals surface area contributed by atoms with Crippen molar-refractivity contribution in [2.75, 3.05) is 20.0 Å². The van der Waals surface area contributed by atoms with Gasteiger partial charge in [-0.05, 0) is 102 Å². The molecule has 0 bridgehead atoms. The SMILES string of the molecule is COc1ccc(-c2ccc3nnn(Cc4ccc5ncccc5c4)c3n2)cc1OC.Nc1ccc(-c2ccc3nnn(Cc4ccc5ncccc5c4)c3n2)cc1. The number of anilines is 1. The standard InChI is InChI=1S/C23H19N5O2.C21H16N6/c1-29-21-10-6-17(13-22(21)30-2)19-8-9-20-23(25-19)28(27-26-20)14-15-5-7-18-16(12-15)4-3-11-24-18;22-17-6-4-15(5-7-17)19-9-10-20-21(24-19)27(26-25-20)13-14-3-8-18-16(12-14)2-1-11-23-18/h3-13H,14H2,1-2H3;1-12H,13,22H2. The normalized spacial score (nSPS) is 11.2. The lowest BCUT2D eigenvalue weighted by atomic mass is 10.1. The third-order valence-electron chi connectivity index (χ3n) is 9.60. The number of rotatable bonds is 8. The first-order valence-corrected chi connectivity index (χ1v) is 18.2. The molecule has 0 radical (unpaired) electrons. The first kappa shape index (κ1) is 34.9. The highest BCUT2D eigenvalue weighted by Crippen LogP contribution is 2.32. The van der Waals surface area contributed by atoms with Crippen LogP contribution in [0.2, 0.25) is 0 Å². The lowest BCUT2D eigenvalue weighted by molar-refractivity contribution is 0.355. The van der Waals surface area contributed by atoms with Crippen LogP contribution >= 0.6 is 0 Å². The molecule has 0 saturated carbocycles. The van der Waals surface area contributed by atoms with Crippen molar-refractivity contribution < 1.29 is 9.47 Å². The summed E-state index contributed by atoms with van der Waals surface area (Å²) >= 11 is 0. The van der Waals surface area contributed by atoms with E-state index in [0.29, 0.717) is 24.6 Å². The molecule has 0 spiro atoms. The van der Waals surface area contributed by atoms with E-state index in [-0.39, 0.29) is 0 Å². The van der Waals surface area contributed by atoms with Crippen LogP contribution in [-0.2, 0) is 13.1 Å². The Bertz CT molecular complexity index is 3030. The number of nitrogens with two attached hydrogens (primary N) is 1. The fourth-order valence-electron chi connectivity index (χ4n) is 6.68. The van der Waals surface area contributed by atoms with Gasteiger partial charge in [-0.15, -0.1) is 10.2 Å². The second kappa shape index (κ2) is 15.1. The van der Waals surface area contributed by atoms with Crippen molar-refractivity contribution in [3.05, 3.63) is 151 Å². The van der Waals surface area contributed by atoms with Crippen molar-refractivity contribution in [3.8, 4) is 34.0 Å². The van der Waals surface area contributed by atoms with Crippen molar-refractivity contribution in [1.29, 1.82) is 0 Å². The van der Waals surface area contributed by atoms with Gasteiger partial charge in [0.1, 0.15) is 11.0 Å². The molecule has 0 aliphatic rings. The molecule has 13 nitrogen and oxygen atoms in total. The molecular formula is C44H35N11O2.